The first-order valence-corrected chi connectivity index (χ1v) is 20.1. The molecule has 2 saturated carbocycles. The van der Waals surface area contributed by atoms with E-state index in [-0.39, 0.29) is 36.4 Å². The maximum Gasteiger partial charge on any atom is 0.303 e. The number of carbonyl (C=O) groups is 2. The average Bonchev–Trinajstić information content (AvgIpc) is 3.79. The number of ether oxygens (including phenoxy) is 2. The number of sulfonamides is 1. The van der Waals surface area contributed by atoms with Crippen LogP contribution < -0.4 is 9.46 Å². The summed E-state index contributed by atoms with van der Waals surface area (Å²) in [7, 11) is -2.37. The van der Waals surface area contributed by atoms with Crippen molar-refractivity contribution in [1.29, 1.82) is 0 Å². The number of hydrogen-bond donors (Lipinski definition) is 1. The second kappa shape index (κ2) is 12.9. The molecule has 2 aliphatic carbocycles. The van der Waals surface area contributed by atoms with Gasteiger partial charge in [0, 0.05) is 68.7 Å². The number of nitrogens with zero attached hydrogens (tertiary/aromatic N) is 4. The van der Waals surface area contributed by atoms with Gasteiger partial charge in [0.15, 0.2) is 0 Å². The lowest BCUT2D eigenvalue weighted by Crippen LogP contribution is -2.49. The van der Waals surface area contributed by atoms with Crippen molar-refractivity contribution < 1.29 is 35.9 Å². The molecule has 3 aromatic rings. The number of benzene rings is 2. The van der Waals surface area contributed by atoms with E-state index in [9.17, 15) is 26.4 Å². The molecule has 2 aromatic carbocycles. The zero-order valence-corrected chi connectivity index (χ0v) is 30.6. The van der Waals surface area contributed by atoms with Gasteiger partial charge in [-0.1, -0.05) is 25.3 Å². The second-order valence-corrected chi connectivity index (χ2v) is 18.4. The molecule has 15 heteroatoms. The van der Waals surface area contributed by atoms with Gasteiger partial charge in [-0.15, -0.1) is 0 Å². The first-order chi connectivity index (χ1) is 23.8. The Hall–Kier alpha value is -3.50. The Balaban J connectivity index is 1.39. The number of aromatic nitrogens is 1. The minimum Gasteiger partial charge on any atom is -0.497 e. The predicted octanol–water partition coefficient (Wildman–Crippen LogP) is 3.26. The van der Waals surface area contributed by atoms with Crippen LogP contribution in [0.25, 0.3) is 22.2 Å². The SMILES string of the molecule is COc1ccc2c(c1)C1CC1(S(=O)(=O)N(C)CC(=O)N1CCOCC1)Cn1c-2c(C2CCCCC2)c2ccc(C(=O)NS(=O)(=O)N(C)C)cc21. The average molecular weight is 728 g/mol. The van der Waals surface area contributed by atoms with Crippen molar-refractivity contribution in [3.63, 3.8) is 0 Å². The van der Waals surface area contributed by atoms with Crippen molar-refractivity contribution >= 4 is 42.9 Å². The van der Waals surface area contributed by atoms with Crippen molar-refractivity contribution in [2.45, 2.75) is 61.7 Å². The van der Waals surface area contributed by atoms with Crippen LogP contribution in [-0.4, -0.2) is 113 Å². The Morgan fingerprint density at radius 2 is 1.72 bits per heavy atom. The molecule has 1 aromatic heterocycles. The third-order valence-corrected chi connectivity index (χ3v) is 15.0. The molecule has 13 nitrogen and oxygen atoms in total. The van der Waals surface area contributed by atoms with E-state index in [0.29, 0.717) is 44.0 Å². The van der Waals surface area contributed by atoms with E-state index in [1.54, 1.807) is 24.1 Å². The fraction of sp³-hybridized carbons (Fsp3) is 0.543. The lowest BCUT2D eigenvalue weighted by molar-refractivity contribution is -0.135. The smallest absolute Gasteiger partial charge is 0.303 e. The van der Waals surface area contributed by atoms with Crippen LogP contribution in [0.3, 0.4) is 0 Å². The molecule has 2 amide bonds. The maximum atomic E-state index is 14.8. The van der Waals surface area contributed by atoms with Gasteiger partial charge in [0.05, 0.1) is 32.6 Å². The standard InChI is InChI=1S/C35H45N5O8S2/c1-37(2)50(45,46)36-34(42)24-10-12-27-30(18-24)40-22-35(49(43,44)38(3)21-31(41)39-14-16-48-17-15-39)20-29(35)28-19-25(47-4)11-13-26(28)33(40)32(27)23-8-6-5-7-9-23/h10-13,18-19,23,29H,5-9,14-17,20-22H2,1-4H3,(H,36,42). The zero-order chi connectivity index (χ0) is 35.6. The molecule has 3 heterocycles. The van der Waals surface area contributed by atoms with E-state index in [0.717, 1.165) is 64.2 Å². The summed E-state index contributed by atoms with van der Waals surface area (Å²) in [6.07, 6.45) is 5.64. The van der Waals surface area contributed by atoms with Crippen molar-refractivity contribution in [3.8, 4) is 17.0 Å². The summed E-state index contributed by atoms with van der Waals surface area (Å²) in [5.74, 6) is -0.546. The van der Waals surface area contributed by atoms with Crippen LogP contribution >= 0.6 is 0 Å². The Morgan fingerprint density at radius 3 is 2.40 bits per heavy atom. The van der Waals surface area contributed by atoms with Crippen LogP contribution in [-0.2, 0) is 36.3 Å². The number of fused-ring (bicyclic) bond motifs is 7. The fourth-order valence-electron chi connectivity index (χ4n) is 8.20. The zero-order valence-electron chi connectivity index (χ0n) is 29.0. The van der Waals surface area contributed by atoms with Crippen LogP contribution in [0.2, 0.25) is 0 Å². The summed E-state index contributed by atoms with van der Waals surface area (Å²) in [4.78, 5) is 28.3. The molecule has 2 atom stereocenters. The lowest BCUT2D eigenvalue weighted by Gasteiger charge is -2.30. The molecule has 0 bridgehead atoms. The van der Waals surface area contributed by atoms with E-state index in [4.69, 9.17) is 9.47 Å². The third kappa shape index (κ3) is 5.80. The van der Waals surface area contributed by atoms with Crippen molar-refractivity contribution in [1.82, 2.24) is 22.8 Å². The summed E-state index contributed by atoms with van der Waals surface area (Å²) in [5, 5.41) is 0.920. The molecular formula is C35H45N5O8S2. The van der Waals surface area contributed by atoms with Gasteiger partial charge >= 0.3 is 10.2 Å². The first-order valence-electron chi connectivity index (χ1n) is 17.2. The fourth-order valence-corrected chi connectivity index (χ4v) is 10.8. The number of carbonyl (C=O) groups excluding carboxylic acids is 2. The van der Waals surface area contributed by atoms with E-state index in [2.05, 4.69) is 4.72 Å². The Kier molecular flexibility index (Phi) is 9.03. The van der Waals surface area contributed by atoms with Gasteiger partial charge in [-0.25, -0.2) is 13.1 Å². The van der Waals surface area contributed by atoms with E-state index in [1.165, 1.54) is 25.4 Å². The first kappa shape index (κ1) is 34.9. The van der Waals surface area contributed by atoms with Gasteiger partial charge in [0.25, 0.3) is 5.91 Å². The minimum absolute atomic E-state index is 0.104. The van der Waals surface area contributed by atoms with Gasteiger partial charge < -0.3 is 18.9 Å². The second-order valence-electron chi connectivity index (χ2n) is 14.2. The normalized spacial score (nSPS) is 22.5. The third-order valence-electron chi connectivity index (χ3n) is 11.1. The number of morpholine rings is 1. The highest BCUT2D eigenvalue weighted by molar-refractivity contribution is 7.91. The Labute approximate surface area is 293 Å². The summed E-state index contributed by atoms with van der Waals surface area (Å²) >= 11 is 0. The van der Waals surface area contributed by atoms with Gasteiger partial charge in [-0.3, -0.25) is 9.59 Å². The van der Waals surface area contributed by atoms with Crippen LogP contribution in [0.15, 0.2) is 36.4 Å². The Morgan fingerprint density at radius 1 is 1.00 bits per heavy atom. The summed E-state index contributed by atoms with van der Waals surface area (Å²) in [5.41, 5.74) is 4.69. The molecule has 0 radical (unpaired) electrons. The highest BCUT2D eigenvalue weighted by Crippen LogP contribution is 2.64. The monoisotopic (exact) mass is 727 g/mol. The number of hydrogen-bond acceptors (Lipinski definition) is 8. The summed E-state index contributed by atoms with van der Waals surface area (Å²) in [6, 6.07) is 11.0. The summed E-state index contributed by atoms with van der Waals surface area (Å²) < 4.78 is 70.8. The van der Waals surface area contributed by atoms with Crippen LogP contribution in [0.1, 0.15) is 71.8 Å². The topological polar surface area (TPSA) is 148 Å². The van der Waals surface area contributed by atoms with Crippen LogP contribution in [0, 0.1) is 0 Å². The molecule has 2 unspecified atom stereocenters. The largest absolute Gasteiger partial charge is 0.497 e. The number of nitrogens with one attached hydrogen (secondary N) is 1. The number of likely N-dealkylation sites (N-methyl/N-ethyl adjacent to an activating group) is 1. The minimum atomic E-state index is -4.06. The molecule has 7 rings (SSSR count). The summed E-state index contributed by atoms with van der Waals surface area (Å²) in [6.45, 7) is 1.50. The molecule has 3 fully saturated rings. The van der Waals surface area contributed by atoms with Gasteiger partial charge in [-0.2, -0.15) is 17.0 Å². The predicted molar refractivity (Wildman–Crippen MR) is 189 cm³/mol. The molecular weight excluding hydrogens is 683 g/mol. The van der Waals surface area contributed by atoms with Gasteiger partial charge in [0.2, 0.25) is 15.9 Å². The van der Waals surface area contributed by atoms with E-state index in [1.807, 2.05) is 28.8 Å². The molecule has 1 N–H and O–H groups in total. The highest BCUT2D eigenvalue weighted by atomic mass is 32.2. The molecule has 270 valence electrons. The van der Waals surface area contributed by atoms with E-state index >= 15 is 0 Å². The van der Waals surface area contributed by atoms with Crippen molar-refractivity contribution in [2.24, 2.45) is 0 Å². The molecule has 2 aliphatic heterocycles. The van der Waals surface area contributed by atoms with Crippen LogP contribution in [0.4, 0.5) is 0 Å². The molecule has 1 saturated heterocycles. The quantitative estimate of drug-likeness (QED) is 0.354. The van der Waals surface area contributed by atoms with E-state index < -0.39 is 30.9 Å². The maximum absolute atomic E-state index is 14.8. The van der Waals surface area contributed by atoms with Crippen molar-refractivity contribution in [2.75, 3.05) is 61.1 Å². The highest BCUT2D eigenvalue weighted by Gasteiger charge is 2.67. The van der Waals surface area contributed by atoms with Crippen molar-refractivity contribution in [3.05, 3.63) is 53.1 Å². The molecule has 4 aliphatic rings. The number of amides is 2. The molecule has 50 heavy (non-hydrogen) atoms. The van der Waals surface area contributed by atoms with Crippen LogP contribution in [0.5, 0.6) is 5.75 Å². The molecule has 0 spiro atoms. The Bertz CT molecular complexity index is 2070. The number of rotatable bonds is 9. The van der Waals surface area contributed by atoms with Gasteiger partial charge in [0.1, 0.15) is 10.5 Å². The lowest BCUT2D eigenvalue weighted by atomic mass is 9.81. The number of methoxy groups -OCH3 is 1. The van der Waals surface area contributed by atoms with Gasteiger partial charge in [-0.05, 0) is 66.6 Å².